The Balaban J connectivity index is 1.95. The lowest BCUT2D eigenvalue weighted by atomic mass is 9.89. The number of ether oxygens (including phenoxy) is 1. The van der Waals surface area contributed by atoms with E-state index in [1.807, 2.05) is 24.3 Å². The highest BCUT2D eigenvalue weighted by molar-refractivity contribution is 5.28. The highest BCUT2D eigenvalue weighted by Crippen LogP contribution is 2.33. The van der Waals surface area contributed by atoms with Gasteiger partial charge in [0.25, 0.3) is 0 Å². The maximum atomic E-state index is 10.5. The molecule has 0 bridgehead atoms. The quantitative estimate of drug-likeness (QED) is 0.793. The van der Waals surface area contributed by atoms with Crippen LogP contribution in [0.2, 0.25) is 0 Å². The van der Waals surface area contributed by atoms with E-state index in [4.69, 9.17) is 4.74 Å². The van der Waals surface area contributed by atoms with Gasteiger partial charge in [0.2, 0.25) is 0 Å². The van der Waals surface area contributed by atoms with Gasteiger partial charge in [0.1, 0.15) is 5.75 Å². The number of rotatable bonds is 5. The molecule has 1 aliphatic carbocycles. The smallest absolute Gasteiger partial charge is 0.119 e. The van der Waals surface area contributed by atoms with Crippen LogP contribution >= 0.6 is 0 Å². The molecule has 19 heavy (non-hydrogen) atoms. The van der Waals surface area contributed by atoms with Crippen molar-refractivity contribution in [3.8, 4) is 5.75 Å². The third-order valence-electron chi connectivity index (χ3n) is 4.04. The summed E-state index contributed by atoms with van der Waals surface area (Å²) in [5.41, 5.74) is 1.04. The monoisotopic (exact) mass is 262 g/mol. The second kappa shape index (κ2) is 7.54. The molecule has 1 fully saturated rings. The maximum Gasteiger partial charge on any atom is 0.119 e. The molecule has 0 heterocycles. The molecule has 106 valence electrons. The van der Waals surface area contributed by atoms with E-state index in [0.717, 1.165) is 37.2 Å². The highest BCUT2D eigenvalue weighted by Gasteiger charge is 2.21. The fourth-order valence-electron chi connectivity index (χ4n) is 2.88. The zero-order valence-electron chi connectivity index (χ0n) is 12.0. The van der Waals surface area contributed by atoms with Gasteiger partial charge in [-0.15, -0.1) is 0 Å². The first-order valence-corrected chi connectivity index (χ1v) is 7.72. The molecule has 0 spiro atoms. The van der Waals surface area contributed by atoms with Gasteiger partial charge in [-0.25, -0.2) is 0 Å². The number of hydrogen-bond acceptors (Lipinski definition) is 2. The summed E-state index contributed by atoms with van der Waals surface area (Å²) >= 11 is 0. The minimum atomic E-state index is -0.307. The van der Waals surface area contributed by atoms with Crippen molar-refractivity contribution in [2.24, 2.45) is 5.92 Å². The van der Waals surface area contributed by atoms with Crippen LogP contribution in [0.3, 0.4) is 0 Å². The van der Waals surface area contributed by atoms with E-state index in [-0.39, 0.29) is 6.10 Å². The van der Waals surface area contributed by atoms with Crippen molar-refractivity contribution < 1.29 is 9.84 Å². The predicted octanol–water partition coefficient (Wildman–Crippen LogP) is 4.48. The third-order valence-corrected chi connectivity index (χ3v) is 4.04. The Hall–Kier alpha value is -1.02. The van der Waals surface area contributed by atoms with Crippen molar-refractivity contribution >= 4 is 0 Å². The minimum absolute atomic E-state index is 0.307. The topological polar surface area (TPSA) is 29.5 Å². The van der Waals surface area contributed by atoms with Gasteiger partial charge in [-0.05, 0) is 42.9 Å². The van der Waals surface area contributed by atoms with Gasteiger partial charge in [-0.3, -0.25) is 0 Å². The fourth-order valence-corrected chi connectivity index (χ4v) is 2.88. The Kier molecular flexibility index (Phi) is 5.71. The standard InChI is InChI=1S/C17H26O2/c1-2-13-19-16-11-9-15(10-12-16)17(18)14-7-5-3-4-6-8-14/h9-12,14,17-18H,2-8,13H2,1H3. The zero-order valence-corrected chi connectivity index (χ0v) is 12.0. The lowest BCUT2D eigenvalue weighted by Crippen LogP contribution is -2.11. The van der Waals surface area contributed by atoms with Crippen LogP contribution in [-0.2, 0) is 0 Å². The van der Waals surface area contributed by atoms with Crippen LogP contribution in [-0.4, -0.2) is 11.7 Å². The molecule has 0 saturated heterocycles. The summed E-state index contributed by atoms with van der Waals surface area (Å²) in [6, 6.07) is 7.98. The first kappa shape index (κ1) is 14.4. The van der Waals surface area contributed by atoms with Crippen LogP contribution in [0.25, 0.3) is 0 Å². The lowest BCUT2D eigenvalue weighted by Gasteiger charge is -2.21. The number of benzene rings is 1. The van der Waals surface area contributed by atoms with Gasteiger partial charge in [0.15, 0.2) is 0 Å². The molecule has 0 aliphatic heterocycles. The van der Waals surface area contributed by atoms with E-state index < -0.39 is 0 Å². The number of hydrogen-bond donors (Lipinski definition) is 1. The molecule has 1 atom stereocenters. The second-order valence-electron chi connectivity index (χ2n) is 5.61. The van der Waals surface area contributed by atoms with E-state index in [0.29, 0.717) is 5.92 Å². The van der Waals surface area contributed by atoms with Crippen molar-refractivity contribution in [3.63, 3.8) is 0 Å². The summed E-state index contributed by atoms with van der Waals surface area (Å²) in [6.45, 7) is 2.86. The van der Waals surface area contributed by atoms with Crippen LogP contribution in [0.5, 0.6) is 5.75 Å². The molecular weight excluding hydrogens is 236 g/mol. The molecule has 1 aromatic carbocycles. The molecule has 1 saturated carbocycles. The average Bonchev–Trinajstić information content (AvgIpc) is 2.74. The summed E-state index contributed by atoms with van der Waals surface area (Å²) in [7, 11) is 0. The summed E-state index contributed by atoms with van der Waals surface area (Å²) in [6.07, 6.45) is 8.22. The molecule has 2 rings (SSSR count). The Morgan fingerprint density at radius 3 is 2.32 bits per heavy atom. The summed E-state index contributed by atoms with van der Waals surface area (Å²) in [5.74, 6) is 1.34. The molecule has 2 nitrogen and oxygen atoms in total. The molecule has 0 amide bonds. The lowest BCUT2D eigenvalue weighted by molar-refractivity contribution is 0.0987. The van der Waals surface area contributed by atoms with Crippen molar-refractivity contribution in [1.82, 2.24) is 0 Å². The van der Waals surface area contributed by atoms with Gasteiger partial charge in [-0.1, -0.05) is 44.7 Å². The maximum absolute atomic E-state index is 10.5. The largest absolute Gasteiger partial charge is 0.494 e. The highest BCUT2D eigenvalue weighted by atomic mass is 16.5. The molecule has 0 aromatic heterocycles. The molecule has 1 aromatic rings. The van der Waals surface area contributed by atoms with Crippen molar-refractivity contribution in [1.29, 1.82) is 0 Å². The van der Waals surface area contributed by atoms with Crippen LogP contribution in [0.4, 0.5) is 0 Å². The van der Waals surface area contributed by atoms with Crippen molar-refractivity contribution in [2.45, 2.75) is 58.0 Å². The fraction of sp³-hybridized carbons (Fsp3) is 0.647. The van der Waals surface area contributed by atoms with Gasteiger partial charge in [-0.2, -0.15) is 0 Å². The van der Waals surface area contributed by atoms with Gasteiger partial charge in [0, 0.05) is 0 Å². The van der Waals surface area contributed by atoms with E-state index in [1.165, 1.54) is 25.7 Å². The Morgan fingerprint density at radius 2 is 1.74 bits per heavy atom. The van der Waals surface area contributed by atoms with Crippen LogP contribution in [0.1, 0.15) is 63.5 Å². The first-order valence-electron chi connectivity index (χ1n) is 7.72. The molecule has 2 heteroatoms. The molecule has 1 aliphatic rings. The SMILES string of the molecule is CCCOc1ccc(C(O)C2CCCCCC2)cc1. The van der Waals surface area contributed by atoms with E-state index >= 15 is 0 Å². The summed E-state index contributed by atoms with van der Waals surface area (Å²) in [4.78, 5) is 0. The van der Waals surface area contributed by atoms with Crippen molar-refractivity contribution in [3.05, 3.63) is 29.8 Å². The number of aliphatic hydroxyl groups excluding tert-OH is 1. The van der Waals surface area contributed by atoms with Gasteiger partial charge >= 0.3 is 0 Å². The third kappa shape index (κ3) is 4.24. The zero-order chi connectivity index (χ0) is 13.5. The van der Waals surface area contributed by atoms with Gasteiger partial charge < -0.3 is 9.84 Å². The average molecular weight is 262 g/mol. The first-order chi connectivity index (χ1) is 9.31. The molecule has 1 N–H and O–H groups in total. The van der Waals surface area contributed by atoms with E-state index in [1.54, 1.807) is 0 Å². The predicted molar refractivity (Wildman–Crippen MR) is 78.4 cm³/mol. The summed E-state index contributed by atoms with van der Waals surface area (Å²) < 4.78 is 5.57. The van der Waals surface area contributed by atoms with Crippen LogP contribution in [0.15, 0.2) is 24.3 Å². The molecule has 0 radical (unpaired) electrons. The summed E-state index contributed by atoms with van der Waals surface area (Å²) in [5, 5.41) is 10.5. The van der Waals surface area contributed by atoms with Crippen molar-refractivity contribution in [2.75, 3.05) is 6.61 Å². The number of aliphatic hydroxyl groups is 1. The molecular formula is C17H26O2. The normalized spacial score (nSPS) is 18.8. The van der Waals surface area contributed by atoms with E-state index in [2.05, 4.69) is 6.92 Å². The van der Waals surface area contributed by atoms with E-state index in [9.17, 15) is 5.11 Å². The van der Waals surface area contributed by atoms with Crippen LogP contribution < -0.4 is 4.74 Å². The Labute approximate surface area is 116 Å². The van der Waals surface area contributed by atoms with Gasteiger partial charge in [0.05, 0.1) is 12.7 Å². The van der Waals surface area contributed by atoms with Crippen LogP contribution in [0, 0.1) is 5.92 Å². The minimum Gasteiger partial charge on any atom is -0.494 e. The molecule has 1 unspecified atom stereocenters. The Morgan fingerprint density at radius 1 is 1.11 bits per heavy atom. The second-order valence-corrected chi connectivity index (χ2v) is 5.61. The Bertz CT molecular complexity index is 350.